The molecule has 3 unspecified atom stereocenters. The molecule has 1 aromatic carbocycles. The molecular formula is C17H27NO. The van der Waals surface area contributed by atoms with E-state index in [0.717, 1.165) is 25.9 Å². The van der Waals surface area contributed by atoms with Crippen molar-refractivity contribution in [1.29, 1.82) is 0 Å². The molecule has 2 rings (SSSR count). The molecule has 2 nitrogen and oxygen atoms in total. The summed E-state index contributed by atoms with van der Waals surface area (Å²) in [5.41, 5.74) is 1.43. The maximum atomic E-state index is 9.65. The van der Waals surface area contributed by atoms with Crippen LogP contribution in [-0.4, -0.2) is 24.3 Å². The lowest BCUT2D eigenvalue weighted by atomic mass is 9.87. The molecule has 3 atom stereocenters. The molecule has 0 radical (unpaired) electrons. The molecule has 0 amide bonds. The first-order chi connectivity index (χ1) is 9.25. The van der Waals surface area contributed by atoms with E-state index in [0.29, 0.717) is 11.8 Å². The van der Waals surface area contributed by atoms with Crippen LogP contribution in [-0.2, 0) is 0 Å². The number of nitrogens with one attached hydrogen (secondary N) is 1. The van der Waals surface area contributed by atoms with Crippen LogP contribution < -0.4 is 5.32 Å². The molecule has 0 aromatic heterocycles. The minimum Gasteiger partial charge on any atom is -0.393 e. The molecule has 1 aliphatic rings. The summed E-state index contributed by atoms with van der Waals surface area (Å²) < 4.78 is 0. The number of hydrogen-bond acceptors (Lipinski definition) is 2. The second-order valence-corrected chi connectivity index (χ2v) is 5.99. The van der Waals surface area contributed by atoms with E-state index < -0.39 is 0 Å². The van der Waals surface area contributed by atoms with Crippen LogP contribution in [0.25, 0.3) is 0 Å². The van der Waals surface area contributed by atoms with Crippen LogP contribution in [0.3, 0.4) is 0 Å². The Balaban J connectivity index is 1.61. The van der Waals surface area contributed by atoms with E-state index >= 15 is 0 Å². The average Bonchev–Trinajstić information content (AvgIpc) is 2.44. The second-order valence-electron chi connectivity index (χ2n) is 5.99. The number of aliphatic hydroxyl groups is 1. The van der Waals surface area contributed by atoms with Crippen LogP contribution >= 0.6 is 0 Å². The quantitative estimate of drug-likeness (QED) is 0.770. The van der Waals surface area contributed by atoms with Gasteiger partial charge in [-0.3, -0.25) is 0 Å². The van der Waals surface area contributed by atoms with Crippen molar-refractivity contribution < 1.29 is 5.11 Å². The molecule has 0 bridgehead atoms. The molecule has 19 heavy (non-hydrogen) atoms. The van der Waals surface area contributed by atoms with Gasteiger partial charge in [-0.2, -0.15) is 0 Å². The van der Waals surface area contributed by atoms with E-state index in [4.69, 9.17) is 0 Å². The third-order valence-electron chi connectivity index (χ3n) is 4.31. The van der Waals surface area contributed by atoms with E-state index in [9.17, 15) is 5.11 Å². The molecule has 1 fully saturated rings. The van der Waals surface area contributed by atoms with E-state index in [1.54, 1.807) is 0 Å². The van der Waals surface area contributed by atoms with Gasteiger partial charge < -0.3 is 10.4 Å². The van der Waals surface area contributed by atoms with Gasteiger partial charge >= 0.3 is 0 Å². The van der Waals surface area contributed by atoms with Gasteiger partial charge in [-0.15, -0.1) is 0 Å². The first-order valence-electron chi connectivity index (χ1n) is 7.69. The Morgan fingerprint density at radius 2 is 2.05 bits per heavy atom. The van der Waals surface area contributed by atoms with Crippen molar-refractivity contribution in [2.24, 2.45) is 5.92 Å². The standard InChI is InChI=1S/C17H27NO/c1-14(16-7-3-2-4-8-16)10-11-18-13-15-6-5-9-17(19)12-15/h2-4,7-8,14-15,17-19H,5-6,9-13H2,1H3. The first-order valence-corrected chi connectivity index (χ1v) is 7.69. The Morgan fingerprint density at radius 1 is 1.26 bits per heavy atom. The fourth-order valence-electron chi connectivity index (χ4n) is 3.02. The van der Waals surface area contributed by atoms with Gasteiger partial charge in [0.05, 0.1) is 6.10 Å². The summed E-state index contributed by atoms with van der Waals surface area (Å²) in [5.74, 6) is 1.29. The highest BCUT2D eigenvalue weighted by Crippen LogP contribution is 2.23. The molecule has 0 aliphatic heterocycles. The predicted molar refractivity (Wildman–Crippen MR) is 80.3 cm³/mol. The lowest BCUT2D eigenvalue weighted by Crippen LogP contribution is -2.30. The number of aliphatic hydroxyl groups excluding tert-OH is 1. The van der Waals surface area contributed by atoms with Crippen molar-refractivity contribution >= 4 is 0 Å². The van der Waals surface area contributed by atoms with Crippen molar-refractivity contribution in [1.82, 2.24) is 5.32 Å². The summed E-state index contributed by atoms with van der Waals surface area (Å²) in [6, 6.07) is 10.7. The summed E-state index contributed by atoms with van der Waals surface area (Å²) in [5, 5.41) is 13.2. The zero-order valence-electron chi connectivity index (χ0n) is 12.0. The molecule has 0 heterocycles. The Hall–Kier alpha value is -0.860. The van der Waals surface area contributed by atoms with Crippen LogP contribution in [0.1, 0.15) is 50.5 Å². The lowest BCUT2D eigenvalue weighted by Gasteiger charge is -2.26. The number of rotatable bonds is 6. The molecule has 0 saturated heterocycles. The summed E-state index contributed by atoms with van der Waals surface area (Å²) in [6.45, 7) is 4.43. The molecule has 1 aromatic rings. The first kappa shape index (κ1) is 14.5. The van der Waals surface area contributed by atoms with Crippen LogP contribution in [0.2, 0.25) is 0 Å². The number of hydrogen-bond donors (Lipinski definition) is 2. The normalized spacial score (nSPS) is 25.2. The smallest absolute Gasteiger partial charge is 0.0543 e. The van der Waals surface area contributed by atoms with Crippen molar-refractivity contribution in [3.8, 4) is 0 Å². The largest absolute Gasteiger partial charge is 0.393 e. The van der Waals surface area contributed by atoms with Gasteiger partial charge in [0.2, 0.25) is 0 Å². The molecule has 1 aliphatic carbocycles. The highest BCUT2D eigenvalue weighted by Gasteiger charge is 2.19. The van der Waals surface area contributed by atoms with Crippen molar-refractivity contribution in [2.75, 3.05) is 13.1 Å². The van der Waals surface area contributed by atoms with Crippen molar-refractivity contribution in [3.63, 3.8) is 0 Å². The highest BCUT2D eigenvalue weighted by molar-refractivity contribution is 5.18. The third-order valence-corrected chi connectivity index (χ3v) is 4.31. The summed E-state index contributed by atoms with van der Waals surface area (Å²) >= 11 is 0. The van der Waals surface area contributed by atoms with E-state index in [1.165, 1.54) is 24.8 Å². The van der Waals surface area contributed by atoms with Gasteiger partial charge in [0.15, 0.2) is 0 Å². The van der Waals surface area contributed by atoms with Gasteiger partial charge in [0.1, 0.15) is 0 Å². The average molecular weight is 261 g/mol. The van der Waals surface area contributed by atoms with Crippen molar-refractivity contribution in [2.45, 2.75) is 51.0 Å². The predicted octanol–water partition coefficient (Wildman–Crippen LogP) is 3.32. The van der Waals surface area contributed by atoms with Gasteiger partial charge in [-0.05, 0) is 56.2 Å². The fourth-order valence-corrected chi connectivity index (χ4v) is 3.02. The van der Waals surface area contributed by atoms with Gasteiger partial charge in [0.25, 0.3) is 0 Å². The third kappa shape index (κ3) is 4.96. The monoisotopic (exact) mass is 261 g/mol. The zero-order chi connectivity index (χ0) is 13.5. The Kier molecular flexibility index (Phi) is 5.87. The van der Waals surface area contributed by atoms with Gasteiger partial charge in [0, 0.05) is 0 Å². The Morgan fingerprint density at radius 3 is 2.79 bits per heavy atom. The highest BCUT2D eigenvalue weighted by atomic mass is 16.3. The second kappa shape index (κ2) is 7.66. The van der Waals surface area contributed by atoms with E-state index in [2.05, 4.69) is 42.6 Å². The Labute approximate surface area is 117 Å². The SMILES string of the molecule is CC(CCNCC1CCCC(O)C1)c1ccccc1. The molecule has 0 spiro atoms. The lowest BCUT2D eigenvalue weighted by molar-refractivity contribution is 0.101. The summed E-state index contributed by atoms with van der Waals surface area (Å²) in [7, 11) is 0. The van der Waals surface area contributed by atoms with Gasteiger partial charge in [-0.25, -0.2) is 0 Å². The maximum absolute atomic E-state index is 9.65. The van der Waals surface area contributed by atoms with Crippen LogP contribution in [0.4, 0.5) is 0 Å². The van der Waals surface area contributed by atoms with Crippen molar-refractivity contribution in [3.05, 3.63) is 35.9 Å². The minimum absolute atomic E-state index is 0.0520. The zero-order valence-corrected chi connectivity index (χ0v) is 12.0. The number of benzene rings is 1. The molecule has 2 N–H and O–H groups in total. The molecular weight excluding hydrogens is 234 g/mol. The summed E-state index contributed by atoms with van der Waals surface area (Å²) in [4.78, 5) is 0. The van der Waals surface area contributed by atoms with Crippen LogP contribution in [0.5, 0.6) is 0 Å². The minimum atomic E-state index is -0.0520. The maximum Gasteiger partial charge on any atom is 0.0543 e. The fraction of sp³-hybridized carbons (Fsp3) is 0.647. The van der Waals surface area contributed by atoms with Crippen LogP contribution in [0.15, 0.2) is 30.3 Å². The molecule has 106 valence electrons. The van der Waals surface area contributed by atoms with Crippen LogP contribution in [0, 0.1) is 5.92 Å². The molecule has 2 heteroatoms. The molecule has 1 saturated carbocycles. The topological polar surface area (TPSA) is 32.3 Å². The van der Waals surface area contributed by atoms with E-state index in [-0.39, 0.29) is 6.10 Å². The van der Waals surface area contributed by atoms with E-state index in [1.807, 2.05) is 0 Å². The Bertz CT molecular complexity index is 352. The summed E-state index contributed by atoms with van der Waals surface area (Å²) in [6.07, 6.45) is 5.58. The van der Waals surface area contributed by atoms with Gasteiger partial charge in [-0.1, -0.05) is 43.7 Å².